The van der Waals surface area contributed by atoms with Crippen LogP contribution in [0.2, 0.25) is 0 Å². The molecule has 0 bridgehead atoms. The molecule has 0 fully saturated rings. The fourth-order valence-corrected chi connectivity index (χ4v) is 2.70. The lowest BCUT2D eigenvalue weighted by Gasteiger charge is -2.08. The Labute approximate surface area is 175 Å². The predicted octanol–water partition coefficient (Wildman–Crippen LogP) is 4.96. The lowest BCUT2D eigenvalue weighted by atomic mass is 10.1. The van der Waals surface area contributed by atoms with E-state index in [1.807, 2.05) is 13.8 Å². The van der Waals surface area contributed by atoms with Gasteiger partial charge in [0.2, 0.25) is 0 Å². The van der Waals surface area contributed by atoms with Crippen LogP contribution in [0.4, 0.5) is 5.69 Å². The Morgan fingerprint density at radius 1 is 0.667 bits per heavy atom. The van der Waals surface area contributed by atoms with Crippen molar-refractivity contribution in [3.05, 3.63) is 83.9 Å². The summed E-state index contributed by atoms with van der Waals surface area (Å²) >= 11 is 0. The maximum Gasteiger partial charge on any atom is 0.343 e. The fourth-order valence-electron chi connectivity index (χ4n) is 2.70. The molecule has 0 unspecified atom stereocenters. The maximum atomic E-state index is 12.4. The van der Waals surface area contributed by atoms with E-state index in [-0.39, 0.29) is 5.91 Å². The number of carbonyl (C=O) groups excluding carboxylic acids is 2. The molecule has 6 heteroatoms. The van der Waals surface area contributed by atoms with Crippen LogP contribution in [0.25, 0.3) is 0 Å². The number of hydrogen-bond acceptors (Lipinski definition) is 5. The number of anilines is 1. The van der Waals surface area contributed by atoms with Gasteiger partial charge in [0.25, 0.3) is 5.91 Å². The zero-order valence-corrected chi connectivity index (χ0v) is 16.9. The van der Waals surface area contributed by atoms with Gasteiger partial charge in [0.05, 0.1) is 18.8 Å². The second kappa shape index (κ2) is 10.1. The Hall–Kier alpha value is -3.80. The van der Waals surface area contributed by atoms with Crippen LogP contribution in [0.15, 0.2) is 72.8 Å². The van der Waals surface area contributed by atoms with Crippen LogP contribution in [0.5, 0.6) is 17.2 Å². The highest BCUT2D eigenvalue weighted by Gasteiger charge is 2.10. The minimum atomic E-state index is -0.483. The molecular formula is C24H23NO5. The number of amides is 1. The molecule has 30 heavy (non-hydrogen) atoms. The van der Waals surface area contributed by atoms with E-state index in [0.29, 0.717) is 47.3 Å². The Kier molecular flexibility index (Phi) is 7.05. The quantitative estimate of drug-likeness (QED) is 0.424. The van der Waals surface area contributed by atoms with Gasteiger partial charge in [-0.3, -0.25) is 4.79 Å². The van der Waals surface area contributed by atoms with Crippen LogP contribution < -0.4 is 19.5 Å². The molecule has 3 rings (SSSR count). The van der Waals surface area contributed by atoms with Crippen molar-refractivity contribution >= 4 is 17.6 Å². The monoisotopic (exact) mass is 405 g/mol. The molecule has 1 N–H and O–H groups in total. The number of carbonyl (C=O) groups is 2. The second-order valence-electron chi connectivity index (χ2n) is 6.28. The summed E-state index contributed by atoms with van der Waals surface area (Å²) in [5.41, 5.74) is 1.46. The molecule has 0 saturated carbocycles. The first-order chi connectivity index (χ1) is 14.6. The first-order valence-corrected chi connectivity index (χ1v) is 9.68. The van der Waals surface area contributed by atoms with Crippen molar-refractivity contribution in [1.29, 1.82) is 0 Å². The molecule has 0 aliphatic rings. The van der Waals surface area contributed by atoms with E-state index in [4.69, 9.17) is 14.2 Å². The Balaban J connectivity index is 1.58. The van der Waals surface area contributed by atoms with Crippen LogP contribution in [0.1, 0.15) is 34.6 Å². The van der Waals surface area contributed by atoms with E-state index < -0.39 is 5.97 Å². The molecule has 0 heterocycles. The largest absolute Gasteiger partial charge is 0.494 e. The van der Waals surface area contributed by atoms with Crippen molar-refractivity contribution in [3.63, 3.8) is 0 Å². The first-order valence-electron chi connectivity index (χ1n) is 9.68. The summed E-state index contributed by atoms with van der Waals surface area (Å²) in [6.45, 7) is 4.94. The lowest BCUT2D eigenvalue weighted by Crippen LogP contribution is -2.12. The summed E-state index contributed by atoms with van der Waals surface area (Å²) in [5, 5.41) is 2.80. The number of hydrogen-bond donors (Lipinski definition) is 1. The summed E-state index contributed by atoms with van der Waals surface area (Å²) in [5.74, 6) is 1.12. The number of benzene rings is 3. The Bertz CT molecular complexity index is 980. The molecule has 1 amide bonds. The third-order valence-corrected chi connectivity index (χ3v) is 4.15. The number of rotatable bonds is 8. The minimum Gasteiger partial charge on any atom is -0.494 e. The van der Waals surface area contributed by atoms with Crippen molar-refractivity contribution in [1.82, 2.24) is 0 Å². The highest BCUT2D eigenvalue weighted by molar-refractivity contribution is 6.04. The molecule has 6 nitrogen and oxygen atoms in total. The van der Waals surface area contributed by atoms with Crippen molar-refractivity contribution in [3.8, 4) is 17.2 Å². The highest BCUT2D eigenvalue weighted by Crippen LogP contribution is 2.20. The summed E-state index contributed by atoms with van der Waals surface area (Å²) in [6.07, 6.45) is 0. The molecule has 0 atom stereocenters. The highest BCUT2D eigenvalue weighted by atomic mass is 16.5. The summed E-state index contributed by atoms with van der Waals surface area (Å²) in [7, 11) is 0. The maximum absolute atomic E-state index is 12.4. The van der Waals surface area contributed by atoms with E-state index in [0.717, 1.165) is 0 Å². The van der Waals surface area contributed by atoms with Crippen molar-refractivity contribution in [2.24, 2.45) is 0 Å². The van der Waals surface area contributed by atoms with Gasteiger partial charge in [-0.25, -0.2) is 4.79 Å². The average molecular weight is 405 g/mol. The molecule has 0 aromatic heterocycles. The van der Waals surface area contributed by atoms with Gasteiger partial charge >= 0.3 is 5.97 Å². The molecule has 0 spiro atoms. The third-order valence-electron chi connectivity index (χ3n) is 4.15. The minimum absolute atomic E-state index is 0.247. The van der Waals surface area contributed by atoms with Crippen LogP contribution >= 0.6 is 0 Å². The zero-order chi connectivity index (χ0) is 21.3. The van der Waals surface area contributed by atoms with Gasteiger partial charge in [-0.1, -0.05) is 0 Å². The van der Waals surface area contributed by atoms with Gasteiger partial charge in [0, 0.05) is 11.3 Å². The first kappa shape index (κ1) is 20.9. The lowest BCUT2D eigenvalue weighted by molar-refractivity contribution is 0.0734. The average Bonchev–Trinajstić information content (AvgIpc) is 2.76. The summed E-state index contributed by atoms with van der Waals surface area (Å²) in [4.78, 5) is 24.7. The third kappa shape index (κ3) is 5.61. The van der Waals surface area contributed by atoms with E-state index in [1.54, 1.807) is 72.8 Å². The molecule has 0 aliphatic heterocycles. The van der Waals surface area contributed by atoms with Gasteiger partial charge < -0.3 is 19.5 Å². The van der Waals surface area contributed by atoms with Crippen LogP contribution in [0, 0.1) is 0 Å². The van der Waals surface area contributed by atoms with E-state index in [1.165, 1.54) is 0 Å². The Morgan fingerprint density at radius 3 is 1.67 bits per heavy atom. The molecular weight excluding hydrogens is 382 g/mol. The molecule has 154 valence electrons. The number of ether oxygens (including phenoxy) is 3. The molecule has 0 saturated heterocycles. The van der Waals surface area contributed by atoms with Gasteiger partial charge in [-0.05, 0) is 86.6 Å². The SMILES string of the molecule is CCOc1ccc(OC(=O)c2ccc(NC(=O)c3ccc(OCC)cc3)cc2)cc1. The smallest absolute Gasteiger partial charge is 0.343 e. The van der Waals surface area contributed by atoms with Crippen molar-refractivity contribution in [2.75, 3.05) is 18.5 Å². The molecule has 3 aromatic rings. The predicted molar refractivity (Wildman–Crippen MR) is 115 cm³/mol. The van der Waals surface area contributed by atoms with Gasteiger partial charge in [0.1, 0.15) is 17.2 Å². The van der Waals surface area contributed by atoms with Gasteiger partial charge in [0.15, 0.2) is 0 Å². The number of nitrogens with one attached hydrogen (secondary N) is 1. The summed E-state index contributed by atoms with van der Waals surface area (Å²) < 4.78 is 16.1. The van der Waals surface area contributed by atoms with E-state index in [2.05, 4.69) is 5.32 Å². The van der Waals surface area contributed by atoms with Gasteiger partial charge in [-0.2, -0.15) is 0 Å². The molecule has 3 aromatic carbocycles. The zero-order valence-electron chi connectivity index (χ0n) is 16.9. The molecule has 0 radical (unpaired) electrons. The second-order valence-corrected chi connectivity index (χ2v) is 6.28. The van der Waals surface area contributed by atoms with E-state index in [9.17, 15) is 9.59 Å². The topological polar surface area (TPSA) is 73.9 Å². The summed E-state index contributed by atoms with van der Waals surface area (Å²) in [6, 6.07) is 20.2. The van der Waals surface area contributed by atoms with Crippen molar-refractivity contribution in [2.45, 2.75) is 13.8 Å². The van der Waals surface area contributed by atoms with Crippen LogP contribution in [0.3, 0.4) is 0 Å². The van der Waals surface area contributed by atoms with Crippen LogP contribution in [-0.2, 0) is 0 Å². The van der Waals surface area contributed by atoms with Gasteiger partial charge in [-0.15, -0.1) is 0 Å². The normalized spacial score (nSPS) is 10.2. The fraction of sp³-hybridized carbons (Fsp3) is 0.167. The van der Waals surface area contributed by atoms with E-state index >= 15 is 0 Å². The van der Waals surface area contributed by atoms with Crippen molar-refractivity contribution < 1.29 is 23.8 Å². The number of esters is 1. The standard InChI is InChI=1S/C24H23NO5/c1-3-28-20-11-7-17(8-12-20)23(26)25-19-9-5-18(6-10-19)24(27)30-22-15-13-21(14-16-22)29-4-2/h5-16H,3-4H2,1-2H3,(H,25,26). The Morgan fingerprint density at radius 2 is 1.13 bits per heavy atom. The molecule has 0 aliphatic carbocycles. The van der Waals surface area contributed by atoms with Crippen LogP contribution in [-0.4, -0.2) is 25.1 Å².